The largest absolute Gasteiger partial charge is 0.381 e. The van der Waals surface area contributed by atoms with E-state index in [2.05, 4.69) is 32.3 Å². The number of aliphatic hydroxyl groups is 1. The van der Waals surface area contributed by atoms with Crippen LogP contribution >= 0.6 is 0 Å². The maximum absolute atomic E-state index is 14.6. The van der Waals surface area contributed by atoms with Gasteiger partial charge in [0.05, 0.1) is 24.8 Å². The maximum Gasteiger partial charge on any atom is 0.251 e. The van der Waals surface area contributed by atoms with Crippen LogP contribution < -0.4 is 5.32 Å². The molecule has 0 bridgehead atoms. The fourth-order valence-electron chi connectivity index (χ4n) is 3.45. The van der Waals surface area contributed by atoms with E-state index in [0.717, 1.165) is 12.1 Å². The van der Waals surface area contributed by atoms with Crippen molar-refractivity contribution in [1.29, 1.82) is 0 Å². The molecule has 0 aliphatic carbocycles. The van der Waals surface area contributed by atoms with Crippen molar-refractivity contribution in [2.45, 2.75) is 18.7 Å². The third-order valence-corrected chi connectivity index (χ3v) is 5.10. The number of halogens is 2. The number of amides is 1. The summed E-state index contributed by atoms with van der Waals surface area (Å²) in [4.78, 5) is 15.5. The summed E-state index contributed by atoms with van der Waals surface area (Å²) in [6, 6.07) is 9.82. The van der Waals surface area contributed by atoms with Gasteiger partial charge in [0, 0.05) is 36.0 Å². The van der Waals surface area contributed by atoms with Gasteiger partial charge in [-0.25, -0.2) is 18.4 Å². The van der Waals surface area contributed by atoms with Crippen LogP contribution in [-0.2, 0) is 18.7 Å². The van der Waals surface area contributed by atoms with Crippen molar-refractivity contribution in [1.82, 2.24) is 29.9 Å². The highest BCUT2D eigenvalue weighted by Gasteiger charge is 2.34. The Kier molecular flexibility index (Phi) is 6.47. The fourth-order valence-corrected chi connectivity index (χ4v) is 3.45. The number of carbonyl (C=O) groups excluding carboxylic acids is 1. The smallest absolute Gasteiger partial charge is 0.251 e. The zero-order chi connectivity index (χ0) is 24.1. The molecule has 1 unspecified atom stereocenters. The Morgan fingerprint density at radius 3 is 2.47 bits per heavy atom. The molecule has 0 spiro atoms. The molecule has 0 fully saturated rings. The van der Waals surface area contributed by atoms with E-state index in [1.54, 1.807) is 37.5 Å². The predicted octanol–water partition coefficient (Wildman–Crippen LogP) is 2.10. The van der Waals surface area contributed by atoms with Crippen molar-refractivity contribution in [3.63, 3.8) is 0 Å². The first-order chi connectivity index (χ1) is 16.4. The van der Waals surface area contributed by atoms with Gasteiger partial charge >= 0.3 is 0 Å². The summed E-state index contributed by atoms with van der Waals surface area (Å²) in [5.74, 6) is 4.14. The lowest BCUT2D eigenvalue weighted by molar-refractivity contribution is -0.00847. The van der Waals surface area contributed by atoms with Gasteiger partial charge < -0.3 is 10.4 Å². The molecule has 1 atom stereocenters. The maximum atomic E-state index is 14.6. The van der Waals surface area contributed by atoms with Crippen molar-refractivity contribution < 1.29 is 18.7 Å². The van der Waals surface area contributed by atoms with Gasteiger partial charge in [0.25, 0.3) is 5.91 Å². The Morgan fingerprint density at radius 1 is 1.06 bits per heavy atom. The molecule has 4 rings (SSSR count). The molecule has 2 heterocycles. The molecule has 10 heteroatoms. The van der Waals surface area contributed by atoms with Crippen LogP contribution in [-0.4, -0.2) is 42.6 Å². The minimum atomic E-state index is -1.79. The highest BCUT2D eigenvalue weighted by atomic mass is 19.1. The van der Waals surface area contributed by atoms with Crippen molar-refractivity contribution in [3.8, 4) is 11.8 Å². The van der Waals surface area contributed by atoms with Crippen LogP contribution in [0.25, 0.3) is 0 Å². The number of hydrogen-bond acceptors (Lipinski definition) is 5. The van der Waals surface area contributed by atoms with E-state index in [-0.39, 0.29) is 24.6 Å². The van der Waals surface area contributed by atoms with E-state index in [9.17, 15) is 18.7 Å². The first-order valence-corrected chi connectivity index (χ1v) is 10.2. The number of benzene rings is 2. The second kappa shape index (κ2) is 9.64. The molecule has 34 heavy (non-hydrogen) atoms. The standard InChI is InChI=1S/C24H20F2N6O2/c1-27-23(33)19-6-4-17(5-7-19)2-3-18-11-29-31(12-18)13-24(34,14-32-16-28-15-30-32)21-9-8-20(25)10-22(21)26/h4-12,15-16,34H,13-14H2,1H3,(H,27,33). The quantitative estimate of drug-likeness (QED) is 0.428. The van der Waals surface area contributed by atoms with E-state index in [1.807, 2.05) is 0 Å². The molecular formula is C24H20F2N6O2. The Balaban J connectivity index is 1.56. The highest BCUT2D eigenvalue weighted by Crippen LogP contribution is 2.28. The second-order valence-electron chi connectivity index (χ2n) is 7.58. The summed E-state index contributed by atoms with van der Waals surface area (Å²) < 4.78 is 30.8. The lowest BCUT2D eigenvalue weighted by atomic mass is 9.93. The predicted molar refractivity (Wildman–Crippen MR) is 118 cm³/mol. The van der Waals surface area contributed by atoms with Gasteiger partial charge in [-0.1, -0.05) is 17.9 Å². The SMILES string of the molecule is CNC(=O)c1ccc(C#Cc2cnn(CC(O)(Cn3cncn3)c3ccc(F)cc3F)c2)cc1. The monoisotopic (exact) mass is 462 g/mol. The van der Waals surface area contributed by atoms with Gasteiger partial charge in [-0.2, -0.15) is 10.2 Å². The second-order valence-corrected chi connectivity index (χ2v) is 7.58. The third kappa shape index (κ3) is 5.16. The van der Waals surface area contributed by atoms with E-state index in [0.29, 0.717) is 16.7 Å². The Labute approximate surface area is 193 Å². The first-order valence-electron chi connectivity index (χ1n) is 10.2. The number of nitrogens with zero attached hydrogens (tertiary/aromatic N) is 5. The van der Waals surface area contributed by atoms with Gasteiger partial charge in [-0.15, -0.1) is 0 Å². The van der Waals surface area contributed by atoms with Crippen LogP contribution in [0.3, 0.4) is 0 Å². The van der Waals surface area contributed by atoms with Crippen LogP contribution in [0, 0.1) is 23.5 Å². The van der Waals surface area contributed by atoms with E-state index in [4.69, 9.17) is 0 Å². The van der Waals surface area contributed by atoms with Crippen LogP contribution in [0.4, 0.5) is 8.78 Å². The molecule has 2 aromatic heterocycles. The van der Waals surface area contributed by atoms with Crippen LogP contribution in [0.1, 0.15) is 27.0 Å². The Bertz CT molecular complexity index is 1360. The lowest BCUT2D eigenvalue weighted by Crippen LogP contribution is -2.37. The Hall–Kier alpha value is -4.36. The molecule has 172 valence electrons. The lowest BCUT2D eigenvalue weighted by Gasteiger charge is -2.28. The van der Waals surface area contributed by atoms with Gasteiger partial charge in [-0.05, 0) is 30.3 Å². The summed E-state index contributed by atoms with van der Waals surface area (Å²) in [6.07, 6.45) is 5.81. The van der Waals surface area contributed by atoms with Gasteiger partial charge in [0.1, 0.15) is 29.9 Å². The van der Waals surface area contributed by atoms with Crippen molar-refractivity contribution >= 4 is 5.91 Å². The third-order valence-electron chi connectivity index (χ3n) is 5.10. The molecule has 0 aliphatic heterocycles. The first kappa shape index (κ1) is 22.8. The van der Waals surface area contributed by atoms with E-state index >= 15 is 0 Å². The summed E-state index contributed by atoms with van der Waals surface area (Å²) in [7, 11) is 1.56. The summed E-state index contributed by atoms with van der Waals surface area (Å²) in [5, 5.41) is 22.2. The Morgan fingerprint density at radius 2 is 1.79 bits per heavy atom. The van der Waals surface area contributed by atoms with Gasteiger partial charge in [-0.3, -0.25) is 9.48 Å². The topological polar surface area (TPSA) is 97.9 Å². The van der Waals surface area contributed by atoms with Crippen molar-refractivity contribution in [2.24, 2.45) is 0 Å². The summed E-state index contributed by atoms with van der Waals surface area (Å²) >= 11 is 0. The molecule has 2 aromatic carbocycles. The van der Waals surface area contributed by atoms with Crippen LogP contribution in [0.2, 0.25) is 0 Å². The summed E-state index contributed by atoms with van der Waals surface area (Å²) in [6.45, 7) is -0.272. The molecule has 0 aliphatic rings. The minimum absolute atomic E-state index is 0.0938. The molecule has 0 radical (unpaired) electrons. The summed E-state index contributed by atoms with van der Waals surface area (Å²) in [5.41, 5.74) is -0.0865. The number of hydrogen-bond donors (Lipinski definition) is 2. The van der Waals surface area contributed by atoms with Gasteiger partial charge in [0.2, 0.25) is 0 Å². The molecule has 0 saturated heterocycles. The van der Waals surface area contributed by atoms with E-state index < -0.39 is 17.2 Å². The zero-order valence-corrected chi connectivity index (χ0v) is 18.1. The zero-order valence-electron chi connectivity index (χ0n) is 18.1. The number of aromatic nitrogens is 5. The van der Waals surface area contributed by atoms with E-state index in [1.165, 1.54) is 34.3 Å². The molecular weight excluding hydrogens is 442 g/mol. The number of carbonyl (C=O) groups is 1. The molecule has 8 nitrogen and oxygen atoms in total. The highest BCUT2D eigenvalue weighted by molar-refractivity contribution is 5.94. The minimum Gasteiger partial charge on any atom is -0.381 e. The number of rotatable bonds is 6. The molecule has 2 N–H and O–H groups in total. The average molecular weight is 462 g/mol. The molecule has 1 amide bonds. The molecule has 0 saturated carbocycles. The van der Waals surface area contributed by atoms with Crippen molar-refractivity contribution in [2.75, 3.05) is 7.05 Å². The normalized spacial score (nSPS) is 12.5. The average Bonchev–Trinajstić information content (AvgIpc) is 3.49. The molecule has 4 aromatic rings. The van der Waals surface area contributed by atoms with Crippen molar-refractivity contribution in [3.05, 3.63) is 101 Å². The van der Waals surface area contributed by atoms with Gasteiger partial charge in [0.15, 0.2) is 0 Å². The van der Waals surface area contributed by atoms with Crippen LogP contribution in [0.5, 0.6) is 0 Å². The van der Waals surface area contributed by atoms with Crippen LogP contribution in [0.15, 0.2) is 67.5 Å². The number of nitrogens with one attached hydrogen (secondary N) is 1. The fraction of sp³-hybridized carbons (Fsp3) is 0.167.